The highest BCUT2D eigenvalue weighted by atomic mass is 15.1. The third kappa shape index (κ3) is 5.80. The number of rotatable bonds is 4. The molecular weight excluding hydrogens is 667 g/mol. The van der Waals surface area contributed by atoms with Gasteiger partial charge >= 0.3 is 0 Å². The lowest BCUT2D eigenvalue weighted by Crippen LogP contribution is -2.14. The highest BCUT2D eigenvalue weighted by Crippen LogP contribution is 2.41. The number of aromatic nitrogens is 2. The number of allylic oxidation sites excluding steroid dienone is 3. The average molecular weight is 708 g/mol. The Kier molecular flexibility index (Phi) is 8.33. The van der Waals surface area contributed by atoms with Crippen molar-refractivity contribution in [2.45, 2.75) is 32.6 Å². The van der Waals surface area contributed by atoms with Gasteiger partial charge in [0.2, 0.25) is 0 Å². The van der Waals surface area contributed by atoms with Crippen LogP contribution in [-0.4, -0.2) is 15.0 Å². The van der Waals surface area contributed by atoms with Gasteiger partial charge in [-0.1, -0.05) is 157 Å². The molecule has 264 valence electrons. The van der Waals surface area contributed by atoms with E-state index in [0.717, 1.165) is 48.5 Å². The Morgan fingerprint density at radius 1 is 0.436 bits per heavy atom. The molecule has 9 aromatic rings. The quantitative estimate of drug-likeness (QED) is 0.174. The van der Waals surface area contributed by atoms with E-state index in [2.05, 4.69) is 198 Å². The molecule has 0 aliphatic carbocycles. The van der Waals surface area contributed by atoms with Gasteiger partial charge in [0.25, 0.3) is 0 Å². The lowest BCUT2D eigenvalue weighted by atomic mass is 9.93. The van der Waals surface area contributed by atoms with E-state index in [9.17, 15) is 0 Å². The maximum absolute atomic E-state index is 5.79. The largest absolute Gasteiger partial charge is 0.307 e. The fourth-order valence-electron chi connectivity index (χ4n) is 8.73. The van der Waals surface area contributed by atoms with E-state index in [1.54, 1.807) is 0 Å². The monoisotopic (exact) mass is 707 g/mol. The SMILES string of the molecule is C/C1=C(/c2ccccc2)CC/C=C(/c2cccc(-c3ccccc3)c2)N=C(n2c3ccccc3c3ccc4c5ccccc5n(-c5ccccc5)c4c32)CC1. The number of benzene rings is 7. The van der Waals surface area contributed by atoms with Gasteiger partial charge in [-0.05, 0) is 78.8 Å². The van der Waals surface area contributed by atoms with Crippen molar-refractivity contribution in [1.82, 2.24) is 9.13 Å². The summed E-state index contributed by atoms with van der Waals surface area (Å²) in [5.41, 5.74) is 14.6. The zero-order valence-corrected chi connectivity index (χ0v) is 31.0. The number of hydrogen-bond donors (Lipinski definition) is 0. The predicted octanol–water partition coefficient (Wildman–Crippen LogP) is 13.9. The molecule has 0 spiro atoms. The predicted molar refractivity (Wildman–Crippen MR) is 234 cm³/mol. The van der Waals surface area contributed by atoms with Crippen molar-refractivity contribution in [3.8, 4) is 16.8 Å². The number of fused-ring (bicyclic) bond motifs is 7. The van der Waals surface area contributed by atoms with Crippen molar-refractivity contribution in [1.29, 1.82) is 0 Å². The van der Waals surface area contributed by atoms with Crippen molar-refractivity contribution in [3.63, 3.8) is 0 Å². The first-order valence-electron chi connectivity index (χ1n) is 19.4. The van der Waals surface area contributed by atoms with E-state index in [1.165, 1.54) is 71.4 Å². The summed E-state index contributed by atoms with van der Waals surface area (Å²) in [7, 11) is 0. The van der Waals surface area contributed by atoms with Crippen LogP contribution in [0.2, 0.25) is 0 Å². The Balaban J connectivity index is 1.28. The summed E-state index contributed by atoms with van der Waals surface area (Å²) in [4.78, 5) is 5.79. The van der Waals surface area contributed by atoms with E-state index in [4.69, 9.17) is 4.99 Å². The first-order chi connectivity index (χ1) is 27.2. The van der Waals surface area contributed by atoms with Crippen LogP contribution in [0.1, 0.15) is 43.7 Å². The van der Waals surface area contributed by atoms with Crippen LogP contribution >= 0.6 is 0 Å². The summed E-state index contributed by atoms with van der Waals surface area (Å²) in [5.74, 6) is 1.05. The van der Waals surface area contributed by atoms with E-state index in [1.807, 2.05) is 0 Å². The van der Waals surface area contributed by atoms with Gasteiger partial charge in [0.05, 0.1) is 27.8 Å². The van der Waals surface area contributed by atoms with Gasteiger partial charge in [0, 0.05) is 39.2 Å². The van der Waals surface area contributed by atoms with Crippen LogP contribution < -0.4 is 0 Å². The molecule has 7 aromatic carbocycles. The highest BCUT2D eigenvalue weighted by Gasteiger charge is 2.23. The molecule has 0 fully saturated rings. The summed E-state index contributed by atoms with van der Waals surface area (Å²) in [6.07, 6.45) is 5.93. The van der Waals surface area contributed by atoms with Crippen LogP contribution in [0.15, 0.2) is 193 Å². The van der Waals surface area contributed by atoms with Gasteiger partial charge in [0.15, 0.2) is 0 Å². The number of hydrogen-bond acceptors (Lipinski definition) is 1. The van der Waals surface area contributed by atoms with Crippen LogP contribution in [0.4, 0.5) is 0 Å². The van der Waals surface area contributed by atoms with Crippen molar-refractivity contribution in [3.05, 3.63) is 199 Å². The Bertz CT molecular complexity index is 2960. The van der Waals surface area contributed by atoms with Gasteiger partial charge in [-0.3, -0.25) is 4.57 Å². The Labute approximate surface area is 321 Å². The van der Waals surface area contributed by atoms with Gasteiger partial charge in [-0.15, -0.1) is 0 Å². The summed E-state index contributed by atoms with van der Waals surface area (Å²) in [5, 5.41) is 4.96. The van der Waals surface area contributed by atoms with Crippen molar-refractivity contribution in [2.24, 2.45) is 4.99 Å². The molecule has 0 radical (unpaired) electrons. The molecule has 10 rings (SSSR count). The minimum Gasteiger partial charge on any atom is -0.307 e. The topological polar surface area (TPSA) is 22.2 Å². The summed E-state index contributed by atoms with van der Waals surface area (Å²) < 4.78 is 4.96. The summed E-state index contributed by atoms with van der Waals surface area (Å²) in [6, 6.07) is 63.7. The van der Waals surface area contributed by atoms with E-state index < -0.39 is 0 Å². The fourth-order valence-corrected chi connectivity index (χ4v) is 8.73. The lowest BCUT2D eigenvalue weighted by Gasteiger charge is -2.19. The minimum absolute atomic E-state index is 0.785. The zero-order chi connectivity index (χ0) is 36.7. The zero-order valence-electron chi connectivity index (χ0n) is 31.0. The van der Waals surface area contributed by atoms with Gasteiger partial charge in [-0.25, -0.2) is 4.99 Å². The summed E-state index contributed by atoms with van der Waals surface area (Å²) >= 11 is 0. The van der Waals surface area contributed by atoms with E-state index in [0.29, 0.717) is 0 Å². The standard InChI is InChI=1S/C52H41N3/c1-36-31-34-50(53-47(28-16-27-42(36)38-19-7-3-8-20-38)40-22-15-21-39(35-40)37-17-5-2-6-18-37)55-49-30-14-12-26-44(49)46-33-32-45-43-25-11-13-29-48(43)54(51(45)52(46)55)41-23-9-4-10-24-41/h2-15,17-26,28-30,32-33,35H,16,27,31,34H2,1H3/b42-36-,47-28-,53-50?. The van der Waals surface area contributed by atoms with Crippen LogP contribution in [0, 0.1) is 0 Å². The molecule has 0 amide bonds. The Hall–Kier alpha value is -6.71. The average Bonchev–Trinajstić information content (AvgIpc) is 3.77. The number of para-hydroxylation sites is 3. The normalized spacial score (nSPS) is 16.4. The molecule has 2 aromatic heterocycles. The molecule has 1 aliphatic heterocycles. The maximum Gasteiger partial charge on any atom is 0.114 e. The Morgan fingerprint density at radius 3 is 1.67 bits per heavy atom. The van der Waals surface area contributed by atoms with Crippen LogP contribution in [0.5, 0.6) is 0 Å². The number of aliphatic imine (C=N–C) groups is 1. The molecule has 0 saturated heterocycles. The molecule has 55 heavy (non-hydrogen) atoms. The fraction of sp³-hybridized carbons (Fsp3) is 0.0962. The van der Waals surface area contributed by atoms with Crippen LogP contribution in [0.3, 0.4) is 0 Å². The molecule has 0 bridgehead atoms. The van der Waals surface area contributed by atoms with E-state index >= 15 is 0 Å². The van der Waals surface area contributed by atoms with Crippen LogP contribution in [0.25, 0.3) is 71.7 Å². The molecule has 1 aliphatic rings. The molecule has 3 heteroatoms. The number of nitrogens with zero attached hydrogens (tertiary/aromatic N) is 3. The maximum atomic E-state index is 5.79. The second kappa shape index (κ2) is 13.9. The first-order valence-corrected chi connectivity index (χ1v) is 19.4. The molecule has 3 heterocycles. The molecule has 0 N–H and O–H groups in total. The van der Waals surface area contributed by atoms with Crippen molar-refractivity contribution in [2.75, 3.05) is 0 Å². The van der Waals surface area contributed by atoms with Crippen LogP contribution in [-0.2, 0) is 0 Å². The second-order valence-corrected chi connectivity index (χ2v) is 14.6. The third-order valence-electron chi connectivity index (χ3n) is 11.3. The van der Waals surface area contributed by atoms with Gasteiger partial charge in [0.1, 0.15) is 5.84 Å². The molecule has 3 nitrogen and oxygen atoms in total. The molecular formula is C52H41N3. The molecule has 0 atom stereocenters. The summed E-state index contributed by atoms with van der Waals surface area (Å²) in [6.45, 7) is 2.33. The van der Waals surface area contributed by atoms with Gasteiger partial charge in [-0.2, -0.15) is 0 Å². The lowest BCUT2D eigenvalue weighted by molar-refractivity contribution is 0.948. The minimum atomic E-state index is 0.785. The van der Waals surface area contributed by atoms with Gasteiger partial charge < -0.3 is 4.57 Å². The van der Waals surface area contributed by atoms with E-state index in [-0.39, 0.29) is 0 Å². The van der Waals surface area contributed by atoms with Crippen molar-refractivity contribution >= 4 is 60.7 Å². The smallest absolute Gasteiger partial charge is 0.114 e. The molecule has 0 unspecified atom stereocenters. The first kappa shape index (κ1) is 32.9. The second-order valence-electron chi connectivity index (χ2n) is 14.6. The molecule has 0 saturated carbocycles. The highest BCUT2D eigenvalue weighted by molar-refractivity contribution is 6.26. The Morgan fingerprint density at radius 2 is 0.982 bits per heavy atom. The third-order valence-corrected chi connectivity index (χ3v) is 11.3. The van der Waals surface area contributed by atoms with Crippen molar-refractivity contribution < 1.29 is 0 Å².